The molecule has 7 heteroatoms. The number of carbonyl (C=O) groups is 1. The molecule has 0 fully saturated rings. The molecule has 2 aromatic rings. The Morgan fingerprint density at radius 2 is 1.74 bits per heavy atom. The first-order chi connectivity index (χ1) is 11.0. The average molecular weight is 312 g/mol. The van der Waals surface area contributed by atoms with Gasteiger partial charge in [-0.3, -0.25) is 4.79 Å². The quantitative estimate of drug-likeness (QED) is 0.486. The van der Waals surface area contributed by atoms with Gasteiger partial charge in [0.05, 0.1) is 5.70 Å². The maximum atomic E-state index is 11.2. The van der Waals surface area contributed by atoms with Crippen molar-refractivity contribution in [1.82, 2.24) is 0 Å². The molecule has 2 aromatic carbocycles. The summed E-state index contributed by atoms with van der Waals surface area (Å²) in [6.45, 7) is 0.194. The van der Waals surface area contributed by atoms with Crippen molar-refractivity contribution in [2.75, 3.05) is 12.5 Å². The van der Waals surface area contributed by atoms with Crippen molar-refractivity contribution in [2.45, 2.75) is 0 Å². The van der Waals surface area contributed by atoms with Crippen LogP contribution in [0.3, 0.4) is 0 Å². The highest BCUT2D eigenvalue weighted by atomic mass is 16.7. The Morgan fingerprint density at radius 3 is 2.48 bits per heavy atom. The summed E-state index contributed by atoms with van der Waals surface area (Å²) in [5.74, 6) is 0.531. The van der Waals surface area contributed by atoms with Crippen LogP contribution in [0.4, 0.5) is 5.69 Å². The van der Waals surface area contributed by atoms with Crippen molar-refractivity contribution in [1.29, 1.82) is 0 Å². The van der Waals surface area contributed by atoms with Gasteiger partial charge in [0.15, 0.2) is 11.5 Å². The van der Waals surface area contributed by atoms with Crippen molar-refractivity contribution < 1.29 is 14.3 Å². The first kappa shape index (κ1) is 14.6. The normalized spacial score (nSPS) is 13.6. The van der Waals surface area contributed by atoms with Crippen LogP contribution >= 0.6 is 0 Å². The average Bonchev–Trinajstić information content (AvgIpc) is 3.01. The van der Waals surface area contributed by atoms with E-state index >= 15 is 0 Å². The van der Waals surface area contributed by atoms with E-state index in [1.54, 1.807) is 18.2 Å². The second kappa shape index (κ2) is 5.45. The number of carbonyl (C=O) groups excluding carboxylic acids is 1. The molecule has 1 heterocycles. The molecule has 8 N–H and O–H groups in total. The summed E-state index contributed by atoms with van der Waals surface area (Å²) < 4.78 is 10.7. The molecule has 0 aromatic heterocycles. The number of benzene rings is 2. The number of fused-ring (bicyclic) bond motifs is 1. The molecular weight excluding hydrogens is 296 g/mol. The van der Waals surface area contributed by atoms with Gasteiger partial charge in [0.2, 0.25) is 6.79 Å². The molecule has 1 amide bonds. The Balaban J connectivity index is 2.11. The van der Waals surface area contributed by atoms with Crippen molar-refractivity contribution in [3.05, 3.63) is 47.7 Å². The predicted octanol–water partition coefficient (Wildman–Crippen LogP) is 0.736. The standard InChI is InChI=1S/C16H16N4O3/c17-13-9(8-4-5-11-12(6-8)23-7-22-11)2-1-3-10(13)14(18)15(19)16(20)21/h1-6H,7,17-19H2,(H2,20,21)/b15-14+. The zero-order valence-corrected chi connectivity index (χ0v) is 12.2. The maximum Gasteiger partial charge on any atom is 0.266 e. The lowest BCUT2D eigenvalue weighted by Gasteiger charge is -2.13. The second-order valence-electron chi connectivity index (χ2n) is 5.03. The third-order valence-corrected chi connectivity index (χ3v) is 3.64. The highest BCUT2D eigenvalue weighted by Gasteiger charge is 2.17. The molecule has 118 valence electrons. The second-order valence-corrected chi connectivity index (χ2v) is 5.03. The Kier molecular flexibility index (Phi) is 3.46. The molecule has 0 radical (unpaired) electrons. The van der Waals surface area contributed by atoms with Gasteiger partial charge >= 0.3 is 0 Å². The van der Waals surface area contributed by atoms with Gasteiger partial charge in [-0.2, -0.15) is 0 Å². The van der Waals surface area contributed by atoms with Crippen LogP contribution in [0.5, 0.6) is 11.5 Å². The largest absolute Gasteiger partial charge is 0.454 e. The fraction of sp³-hybridized carbons (Fsp3) is 0.0625. The predicted molar refractivity (Wildman–Crippen MR) is 86.9 cm³/mol. The molecule has 23 heavy (non-hydrogen) atoms. The number of amides is 1. The van der Waals surface area contributed by atoms with Gasteiger partial charge in [0.1, 0.15) is 5.70 Å². The van der Waals surface area contributed by atoms with Crippen LogP contribution in [0.2, 0.25) is 0 Å². The summed E-state index contributed by atoms with van der Waals surface area (Å²) in [5.41, 5.74) is 25.1. The summed E-state index contributed by atoms with van der Waals surface area (Å²) in [7, 11) is 0. The third-order valence-electron chi connectivity index (χ3n) is 3.64. The number of hydrogen-bond acceptors (Lipinski definition) is 6. The van der Waals surface area contributed by atoms with Gasteiger partial charge in [0, 0.05) is 16.8 Å². The van der Waals surface area contributed by atoms with Crippen molar-refractivity contribution in [3.63, 3.8) is 0 Å². The van der Waals surface area contributed by atoms with Gasteiger partial charge in [-0.15, -0.1) is 0 Å². The van der Waals surface area contributed by atoms with E-state index in [2.05, 4.69) is 0 Å². The number of rotatable bonds is 3. The van der Waals surface area contributed by atoms with Gasteiger partial charge in [-0.05, 0) is 17.7 Å². The van der Waals surface area contributed by atoms with E-state index in [0.29, 0.717) is 22.7 Å². The number of nitrogens with two attached hydrogens (primary N) is 4. The van der Waals surface area contributed by atoms with Crippen molar-refractivity contribution in [2.24, 2.45) is 17.2 Å². The summed E-state index contributed by atoms with van der Waals surface area (Å²) >= 11 is 0. The minimum Gasteiger partial charge on any atom is -0.454 e. The zero-order valence-electron chi connectivity index (χ0n) is 12.2. The van der Waals surface area contributed by atoms with Crippen LogP contribution in [0.1, 0.15) is 5.56 Å². The van der Waals surface area contributed by atoms with E-state index in [4.69, 9.17) is 32.4 Å². The van der Waals surface area contributed by atoms with E-state index in [9.17, 15) is 4.79 Å². The van der Waals surface area contributed by atoms with Crippen LogP contribution in [0, 0.1) is 0 Å². The SMILES string of the molecule is NC(=O)/C(N)=C(\N)c1cccc(-c2ccc3c(c2)OCO3)c1N. The Labute approximate surface area is 132 Å². The summed E-state index contributed by atoms with van der Waals surface area (Å²) in [6.07, 6.45) is 0. The number of ether oxygens (including phenoxy) is 2. The van der Waals surface area contributed by atoms with E-state index in [-0.39, 0.29) is 18.2 Å². The third kappa shape index (κ3) is 2.48. The van der Waals surface area contributed by atoms with Crippen LogP contribution in [0.15, 0.2) is 42.1 Å². The monoisotopic (exact) mass is 312 g/mol. The van der Waals surface area contributed by atoms with E-state index in [1.165, 1.54) is 0 Å². The molecular formula is C16H16N4O3. The Hall–Kier alpha value is -3.35. The number of nitrogen functional groups attached to an aromatic ring is 1. The first-order valence-electron chi connectivity index (χ1n) is 6.83. The molecule has 0 aliphatic carbocycles. The molecule has 0 spiro atoms. The highest BCUT2D eigenvalue weighted by molar-refractivity contribution is 6.00. The first-order valence-corrected chi connectivity index (χ1v) is 6.83. The maximum absolute atomic E-state index is 11.2. The van der Waals surface area contributed by atoms with E-state index in [1.807, 2.05) is 18.2 Å². The number of anilines is 1. The van der Waals surface area contributed by atoms with Crippen molar-refractivity contribution in [3.8, 4) is 22.6 Å². The molecule has 0 unspecified atom stereocenters. The molecule has 3 rings (SSSR count). The molecule has 0 saturated heterocycles. The summed E-state index contributed by atoms with van der Waals surface area (Å²) in [6, 6.07) is 10.8. The minimum absolute atomic E-state index is 0.0533. The van der Waals surface area contributed by atoms with Crippen LogP contribution in [-0.2, 0) is 4.79 Å². The van der Waals surface area contributed by atoms with Crippen molar-refractivity contribution >= 4 is 17.3 Å². The lowest BCUT2D eigenvalue weighted by Crippen LogP contribution is -2.24. The molecule has 0 bridgehead atoms. The van der Waals surface area contributed by atoms with Gasteiger partial charge in [-0.1, -0.05) is 24.3 Å². The molecule has 1 aliphatic rings. The highest BCUT2D eigenvalue weighted by Crippen LogP contribution is 2.38. The molecule has 7 nitrogen and oxygen atoms in total. The fourth-order valence-corrected chi connectivity index (χ4v) is 2.39. The topological polar surface area (TPSA) is 140 Å². The number of primary amides is 1. The van der Waals surface area contributed by atoms with Crippen LogP contribution in [0.25, 0.3) is 16.8 Å². The number of para-hydroxylation sites is 1. The van der Waals surface area contributed by atoms with E-state index in [0.717, 1.165) is 11.1 Å². The van der Waals surface area contributed by atoms with Gasteiger partial charge in [-0.25, -0.2) is 0 Å². The lowest BCUT2D eigenvalue weighted by atomic mass is 9.98. The Morgan fingerprint density at radius 1 is 1.00 bits per heavy atom. The number of hydrogen-bond donors (Lipinski definition) is 4. The molecule has 0 saturated carbocycles. The molecule has 1 aliphatic heterocycles. The smallest absolute Gasteiger partial charge is 0.266 e. The van der Waals surface area contributed by atoms with Crippen LogP contribution in [-0.4, -0.2) is 12.7 Å². The summed E-state index contributed by atoms with van der Waals surface area (Å²) in [5, 5.41) is 0. The molecule has 0 atom stereocenters. The zero-order chi connectivity index (χ0) is 16.6. The fourth-order valence-electron chi connectivity index (χ4n) is 2.39. The van der Waals surface area contributed by atoms with Gasteiger partial charge < -0.3 is 32.4 Å². The minimum atomic E-state index is -0.796. The van der Waals surface area contributed by atoms with Gasteiger partial charge in [0.25, 0.3) is 5.91 Å². The lowest BCUT2D eigenvalue weighted by molar-refractivity contribution is -0.114. The summed E-state index contributed by atoms with van der Waals surface area (Å²) in [4.78, 5) is 11.2. The van der Waals surface area contributed by atoms with E-state index < -0.39 is 5.91 Å². The van der Waals surface area contributed by atoms with Crippen LogP contribution < -0.4 is 32.4 Å². The Bertz CT molecular complexity index is 830.